The van der Waals surface area contributed by atoms with E-state index in [1.165, 1.54) is 12.1 Å². The number of benzene rings is 1. The first-order chi connectivity index (χ1) is 9.37. The Balaban J connectivity index is 1.99. The lowest BCUT2D eigenvalue weighted by Gasteiger charge is -2.23. The molecule has 0 bridgehead atoms. The summed E-state index contributed by atoms with van der Waals surface area (Å²) >= 11 is 5.98. The van der Waals surface area contributed by atoms with Gasteiger partial charge in [0.25, 0.3) is 5.69 Å². The Bertz CT molecular complexity index is 618. The van der Waals surface area contributed by atoms with Gasteiger partial charge in [0.15, 0.2) is 9.84 Å². The Morgan fingerprint density at radius 3 is 2.80 bits per heavy atom. The molecule has 1 aliphatic heterocycles. The lowest BCUT2D eigenvalue weighted by Crippen LogP contribution is -2.39. The molecule has 1 heterocycles. The van der Waals surface area contributed by atoms with Crippen molar-refractivity contribution in [2.45, 2.75) is 25.4 Å². The average molecular weight is 319 g/mol. The van der Waals surface area contributed by atoms with Crippen LogP contribution in [0.25, 0.3) is 0 Å². The van der Waals surface area contributed by atoms with Crippen LogP contribution in [0.15, 0.2) is 18.2 Å². The molecule has 110 valence electrons. The monoisotopic (exact) mass is 318 g/mol. The molecule has 0 saturated carbocycles. The molecule has 6 nitrogen and oxygen atoms in total. The van der Waals surface area contributed by atoms with E-state index in [1.807, 2.05) is 0 Å². The molecule has 1 aromatic rings. The zero-order valence-corrected chi connectivity index (χ0v) is 12.3. The minimum Gasteiger partial charge on any atom is -0.309 e. The summed E-state index contributed by atoms with van der Waals surface area (Å²) in [5.41, 5.74) is 0.666. The first kappa shape index (κ1) is 15.2. The highest BCUT2D eigenvalue weighted by Crippen LogP contribution is 2.23. The molecular formula is C12H15ClN2O4S. The number of hydrogen-bond acceptors (Lipinski definition) is 5. The van der Waals surface area contributed by atoms with Gasteiger partial charge in [-0.05, 0) is 24.5 Å². The van der Waals surface area contributed by atoms with Crippen molar-refractivity contribution in [1.82, 2.24) is 5.32 Å². The predicted octanol–water partition coefficient (Wildman–Crippen LogP) is 1.92. The van der Waals surface area contributed by atoms with E-state index in [0.29, 0.717) is 18.0 Å². The predicted molar refractivity (Wildman–Crippen MR) is 76.6 cm³/mol. The van der Waals surface area contributed by atoms with Crippen molar-refractivity contribution in [2.24, 2.45) is 0 Å². The molecule has 0 amide bonds. The maximum absolute atomic E-state index is 11.5. The summed E-state index contributed by atoms with van der Waals surface area (Å²) in [5, 5.41) is 14.1. The number of nitrogens with zero attached hydrogens (tertiary/aromatic N) is 1. The molecule has 0 radical (unpaired) electrons. The minimum atomic E-state index is -2.95. The van der Waals surface area contributed by atoms with E-state index < -0.39 is 14.8 Å². The van der Waals surface area contributed by atoms with Crippen molar-refractivity contribution in [3.63, 3.8) is 0 Å². The Morgan fingerprint density at radius 1 is 1.45 bits per heavy atom. The highest BCUT2D eigenvalue weighted by Gasteiger charge is 2.24. The number of nitro groups is 1. The van der Waals surface area contributed by atoms with Crippen LogP contribution in [0, 0.1) is 10.1 Å². The zero-order valence-electron chi connectivity index (χ0n) is 10.7. The number of sulfone groups is 1. The van der Waals surface area contributed by atoms with Crippen LogP contribution in [0.2, 0.25) is 5.02 Å². The Labute approximate surface area is 122 Å². The largest absolute Gasteiger partial charge is 0.309 e. The van der Waals surface area contributed by atoms with Crippen molar-refractivity contribution in [3.8, 4) is 0 Å². The normalized spacial score (nSPS) is 21.6. The molecule has 0 spiro atoms. The zero-order chi connectivity index (χ0) is 14.8. The first-order valence-electron chi connectivity index (χ1n) is 6.24. The summed E-state index contributed by atoms with van der Waals surface area (Å²) in [4.78, 5) is 10.1. The molecule has 8 heteroatoms. The third kappa shape index (κ3) is 3.91. The topological polar surface area (TPSA) is 89.3 Å². The highest BCUT2D eigenvalue weighted by atomic mass is 35.5. The van der Waals surface area contributed by atoms with Gasteiger partial charge in [-0.2, -0.15) is 0 Å². The number of nitro benzene ring substituents is 1. The van der Waals surface area contributed by atoms with Gasteiger partial charge in [-0.1, -0.05) is 11.6 Å². The molecule has 0 aliphatic carbocycles. The maximum Gasteiger partial charge on any atom is 0.270 e. The summed E-state index contributed by atoms with van der Waals surface area (Å²) < 4.78 is 23.0. The van der Waals surface area contributed by atoms with Crippen molar-refractivity contribution in [3.05, 3.63) is 38.9 Å². The van der Waals surface area contributed by atoms with Crippen molar-refractivity contribution >= 4 is 27.1 Å². The lowest BCUT2D eigenvalue weighted by atomic mass is 10.1. The first-order valence-corrected chi connectivity index (χ1v) is 8.44. The Kier molecular flexibility index (Phi) is 4.62. The minimum absolute atomic E-state index is 0.0565. The van der Waals surface area contributed by atoms with E-state index in [0.717, 1.165) is 12.0 Å². The molecule has 1 N–H and O–H groups in total. The molecule has 2 rings (SSSR count). The summed E-state index contributed by atoms with van der Waals surface area (Å²) in [5.74, 6) is 0.390. The standard InChI is InChI=1S/C12H15ClN2O4S/c13-12-6-11(15(16)17)4-3-9(12)7-14-10-2-1-5-20(18,19)8-10/h3-4,6,10,14H,1-2,5,7-8H2. The summed E-state index contributed by atoms with van der Waals surface area (Å²) in [6, 6.07) is 4.20. The third-order valence-electron chi connectivity index (χ3n) is 3.29. The van der Waals surface area contributed by atoms with Crippen molar-refractivity contribution in [1.29, 1.82) is 0 Å². The average Bonchev–Trinajstić information content (AvgIpc) is 2.36. The number of hydrogen-bond donors (Lipinski definition) is 1. The van der Waals surface area contributed by atoms with E-state index in [9.17, 15) is 18.5 Å². The molecule has 1 unspecified atom stereocenters. The van der Waals surface area contributed by atoms with E-state index in [4.69, 9.17) is 11.6 Å². The third-order valence-corrected chi connectivity index (χ3v) is 5.46. The van der Waals surface area contributed by atoms with Crippen LogP contribution >= 0.6 is 11.6 Å². The molecule has 0 aromatic heterocycles. The van der Waals surface area contributed by atoms with Crippen LogP contribution in [0.4, 0.5) is 5.69 Å². The van der Waals surface area contributed by atoms with Gasteiger partial charge < -0.3 is 5.32 Å². The van der Waals surface area contributed by atoms with Gasteiger partial charge >= 0.3 is 0 Å². The van der Waals surface area contributed by atoms with Gasteiger partial charge in [-0.15, -0.1) is 0 Å². The fourth-order valence-electron chi connectivity index (χ4n) is 2.23. The summed E-state index contributed by atoms with van der Waals surface area (Å²) in [7, 11) is -2.95. The van der Waals surface area contributed by atoms with Gasteiger partial charge in [-0.25, -0.2) is 8.42 Å². The second-order valence-corrected chi connectivity index (χ2v) is 7.50. The number of halogens is 1. The Morgan fingerprint density at radius 2 is 2.20 bits per heavy atom. The van der Waals surface area contributed by atoms with Crippen molar-refractivity contribution in [2.75, 3.05) is 11.5 Å². The van der Waals surface area contributed by atoms with Gasteiger partial charge in [0, 0.05) is 24.7 Å². The molecule has 20 heavy (non-hydrogen) atoms. The van der Waals surface area contributed by atoms with Crippen LogP contribution in [0.1, 0.15) is 18.4 Å². The number of non-ortho nitro benzene ring substituents is 1. The van der Waals surface area contributed by atoms with Crippen LogP contribution in [-0.4, -0.2) is 30.9 Å². The van der Waals surface area contributed by atoms with Crippen molar-refractivity contribution < 1.29 is 13.3 Å². The molecular weight excluding hydrogens is 304 g/mol. The van der Waals surface area contributed by atoms with Crippen LogP contribution in [-0.2, 0) is 16.4 Å². The number of nitrogens with one attached hydrogen (secondary N) is 1. The molecule has 1 saturated heterocycles. The molecule has 1 atom stereocenters. The maximum atomic E-state index is 11.5. The highest BCUT2D eigenvalue weighted by molar-refractivity contribution is 7.91. The van der Waals surface area contributed by atoms with E-state index in [1.54, 1.807) is 6.07 Å². The quantitative estimate of drug-likeness (QED) is 0.676. The van der Waals surface area contributed by atoms with E-state index in [2.05, 4.69) is 5.32 Å². The molecule has 1 aromatic carbocycles. The van der Waals surface area contributed by atoms with Gasteiger partial charge in [0.2, 0.25) is 0 Å². The van der Waals surface area contributed by atoms with Gasteiger partial charge in [0.05, 0.1) is 21.5 Å². The molecule has 1 fully saturated rings. The van der Waals surface area contributed by atoms with Crippen LogP contribution in [0.3, 0.4) is 0 Å². The summed E-state index contributed by atoms with van der Waals surface area (Å²) in [6.07, 6.45) is 1.47. The number of rotatable bonds is 4. The van der Waals surface area contributed by atoms with E-state index in [-0.39, 0.29) is 23.2 Å². The second-order valence-electron chi connectivity index (χ2n) is 4.87. The smallest absolute Gasteiger partial charge is 0.270 e. The lowest BCUT2D eigenvalue weighted by molar-refractivity contribution is -0.384. The van der Waals surface area contributed by atoms with Gasteiger partial charge in [-0.3, -0.25) is 10.1 Å². The fourth-order valence-corrected chi connectivity index (χ4v) is 4.14. The van der Waals surface area contributed by atoms with Crippen LogP contribution < -0.4 is 5.32 Å². The van der Waals surface area contributed by atoms with E-state index >= 15 is 0 Å². The molecule has 1 aliphatic rings. The SMILES string of the molecule is O=[N+]([O-])c1ccc(CNC2CCCS(=O)(=O)C2)c(Cl)c1. The second kappa shape index (κ2) is 6.07. The fraction of sp³-hybridized carbons (Fsp3) is 0.500. The Hall–Kier alpha value is -1.18. The van der Waals surface area contributed by atoms with Crippen LogP contribution in [0.5, 0.6) is 0 Å². The summed E-state index contributed by atoms with van der Waals surface area (Å²) in [6.45, 7) is 0.400. The van der Waals surface area contributed by atoms with Gasteiger partial charge in [0.1, 0.15) is 0 Å².